The van der Waals surface area contributed by atoms with Crippen LogP contribution in [0.1, 0.15) is 54.1 Å². The molecule has 0 aliphatic carbocycles. The molecule has 0 aliphatic heterocycles. The Morgan fingerprint density at radius 3 is 2.63 bits per heavy atom. The number of hydrogen-bond acceptors (Lipinski definition) is 5. The maximum absolute atomic E-state index is 12.2. The Morgan fingerprint density at radius 2 is 1.97 bits per heavy atom. The summed E-state index contributed by atoms with van der Waals surface area (Å²) in [6.07, 6.45) is 4.53. The van der Waals surface area contributed by atoms with Crippen molar-refractivity contribution in [3.63, 3.8) is 0 Å². The van der Waals surface area contributed by atoms with Gasteiger partial charge in [0.1, 0.15) is 5.82 Å². The van der Waals surface area contributed by atoms with Crippen LogP contribution in [0.3, 0.4) is 0 Å². The van der Waals surface area contributed by atoms with Gasteiger partial charge in [0.2, 0.25) is 0 Å². The molecule has 2 aromatic heterocycles. The van der Waals surface area contributed by atoms with Gasteiger partial charge in [-0.05, 0) is 31.0 Å². The largest absolute Gasteiger partial charge is 0.462 e. The molecule has 7 heteroatoms. The average Bonchev–Trinajstić information content (AvgIpc) is 3.06. The molecule has 2 heterocycles. The molecule has 1 N–H and O–H groups in total. The van der Waals surface area contributed by atoms with Gasteiger partial charge in [-0.15, -0.1) is 0 Å². The third-order valence-electron chi connectivity index (χ3n) is 4.88. The topological polar surface area (TPSA) is 77.2 Å². The van der Waals surface area contributed by atoms with Crippen LogP contribution in [-0.2, 0) is 24.3 Å². The Hall–Kier alpha value is -2.70. The number of unbranched alkanes of at least 4 members (excludes halogenated alkanes) is 1. The molecule has 158 valence electrons. The number of hydrogen-bond donors (Lipinski definition) is 1. The second-order valence-electron chi connectivity index (χ2n) is 6.93. The molecular weight excluding hydrogens is 402 g/mol. The van der Waals surface area contributed by atoms with Gasteiger partial charge in [-0.25, -0.2) is 9.78 Å². The Morgan fingerprint density at radius 1 is 1.20 bits per heavy atom. The van der Waals surface area contributed by atoms with Crippen LogP contribution in [0.4, 0.5) is 0 Å². The number of aromatic nitrogens is 3. The smallest absolute Gasteiger partial charge is 0.340 e. The number of carbonyl (C=O) groups excluding carboxylic acids is 1. The fraction of sp³-hybridized carbons (Fsp3) is 0.348. The summed E-state index contributed by atoms with van der Waals surface area (Å²) in [7, 11) is 0. The highest BCUT2D eigenvalue weighted by atomic mass is 35.5. The maximum Gasteiger partial charge on any atom is 0.340 e. The fourth-order valence-electron chi connectivity index (χ4n) is 3.33. The first-order valence-corrected chi connectivity index (χ1v) is 10.5. The van der Waals surface area contributed by atoms with Crippen LogP contribution >= 0.6 is 11.6 Å². The SMILES string of the molecule is CCCCc1nc(Cl)c(CO)n1Cc1ccc(-c2ncccc2C(=O)OCC)cc1. The highest BCUT2D eigenvalue weighted by molar-refractivity contribution is 6.30. The molecule has 3 aromatic rings. The predicted octanol–water partition coefficient (Wildman–Crippen LogP) is 4.66. The summed E-state index contributed by atoms with van der Waals surface area (Å²) < 4.78 is 7.12. The number of aliphatic hydroxyl groups is 1. The van der Waals surface area contributed by atoms with Gasteiger partial charge in [-0.3, -0.25) is 4.98 Å². The number of pyridine rings is 1. The number of aryl methyl sites for hydroxylation is 1. The van der Waals surface area contributed by atoms with E-state index in [0.29, 0.717) is 35.3 Å². The molecule has 0 atom stereocenters. The summed E-state index contributed by atoms with van der Waals surface area (Å²) in [5.41, 5.74) is 3.53. The zero-order valence-corrected chi connectivity index (χ0v) is 18.0. The van der Waals surface area contributed by atoms with Crippen LogP contribution in [0.15, 0.2) is 42.6 Å². The van der Waals surface area contributed by atoms with Crippen LogP contribution in [-0.4, -0.2) is 32.2 Å². The minimum absolute atomic E-state index is 0.160. The monoisotopic (exact) mass is 427 g/mol. The third kappa shape index (κ3) is 4.89. The van der Waals surface area contributed by atoms with E-state index in [0.717, 1.165) is 36.2 Å². The lowest BCUT2D eigenvalue weighted by Gasteiger charge is -2.12. The second kappa shape index (κ2) is 10.4. The van der Waals surface area contributed by atoms with Gasteiger partial charge in [-0.2, -0.15) is 0 Å². The lowest BCUT2D eigenvalue weighted by atomic mass is 10.0. The molecule has 0 saturated carbocycles. The molecule has 30 heavy (non-hydrogen) atoms. The van der Waals surface area contributed by atoms with Crippen molar-refractivity contribution in [3.8, 4) is 11.3 Å². The highest BCUT2D eigenvalue weighted by Crippen LogP contribution is 2.24. The van der Waals surface area contributed by atoms with Crippen molar-refractivity contribution in [2.75, 3.05) is 6.61 Å². The first kappa shape index (κ1) is 22.0. The van der Waals surface area contributed by atoms with Crippen molar-refractivity contribution in [3.05, 3.63) is 70.4 Å². The summed E-state index contributed by atoms with van der Waals surface area (Å²) in [4.78, 5) is 21.0. The van der Waals surface area contributed by atoms with Gasteiger partial charge in [0, 0.05) is 24.7 Å². The Balaban J connectivity index is 1.87. The minimum Gasteiger partial charge on any atom is -0.462 e. The third-order valence-corrected chi connectivity index (χ3v) is 5.18. The van der Waals surface area contributed by atoms with Crippen LogP contribution in [0.5, 0.6) is 0 Å². The van der Waals surface area contributed by atoms with E-state index in [2.05, 4.69) is 16.9 Å². The quantitative estimate of drug-likeness (QED) is 0.502. The van der Waals surface area contributed by atoms with E-state index in [1.807, 2.05) is 28.8 Å². The Bertz CT molecular complexity index is 999. The second-order valence-corrected chi connectivity index (χ2v) is 7.29. The van der Waals surface area contributed by atoms with Crippen LogP contribution in [0.2, 0.25) is 5.15 Å². The molecule has 0 spiro atoms. The summed E-state index contributed by atoms with van der Waals surface area (Å²) in [5, 5.41) is 10.1. The van der Waals surface area contributed by atoms with E-state index < -0.39 is 0 Å². The summed E-state index contributed by atoms with van der Waals surface area (Å²) >= 11 is 6.23. The number of esters is 1. The normalized spacial score (nSPS) is 10.9. The molecule has 0 bridgehead atoms. The summed E-state index contributed by atoms with van der Waals surface area (Å²) in [5.74, 6) is 0.496. The number of benzene rings is 1. The van der Waals surface area contributed by atoms with Gasteiger partial charge in [0.05, 0.1) is 30.2 Å². The van der Waals surface area contributed by atoms with Gasteiger partial charge < -0.3 is 14.4 Å². The number of imidazole rings is 1. The van der Waals surface area contributed by atoms with Crippen molar-refractivity contribution < 1.29 is 14.6 Å². The van der Waals surface area contributed by atoms with E-state index in [1.54, 1.807) is 25.3 Å². The Kier molecular flexibility index (Phi) is 7.60. The first-order chi connectivity index (χ1) is 14.6. The van der Waals surface area contributed by atoms with Gasteiger partial charge in [0.15, 0.2) is 5.15 Å². The lowest BCUT2D eigenvalue weighted by molar-refractivity contribution is 0.0527. The van der Waals surface area contributed by atoms with Gasteiger partial charge in [-0.1, -0.05) is 49.2 Å². The molecule has 6 nitrogen and oxygen atoms in total. The van der Waals surface area contributed by atoms with Crippen LogP contribution < -0.4 is 0 Å². The summed E-state index contributed by atoms with van der Waals surface area (Å²) in [6, 6.07) is 11.3. The molecule has 0 radical (unpaired) electrons. The van der Waals surface area contributed by atoms with E-state index >= 15 is 0 Å². The van der Waals surface area contributed by atoms with E-state index in [1.165, 1.54) is 0 Å². The number of nitrogens with zero attached hydrogens (tertiary/aromatic N) is 3. The van der Waals surface area contributed by atoms with Crippen molar-refractivity contribution >= 4 is 17.6 Å². The molecule has 3 rings (SSSR count). The standard InChI is InChI=1S/C23H26ClN3O3/c1-3-5-8-20-26-22(24)19(15-28)27(20)14-16-9-11-17(12-10-16)21-18(7-6-13-25-21)23(29)30-4-2/h6-7,9-13,28H,3-5,8,14-15H2,1-2H3. The first-order valence-electron chi connectivity index (χ1n) is 10.1. The molecule has 0 fully saturated rings. The van der Waals surface area contributed by atoms with Crippen molar-refractivity contribution in [2.45, 2.75) is 46.3 Å². The van der Waals surface area contributed by atoms with E-state index in [9.17, 15) is 9.90 Å². The average molecular weight is 428 g/mol. The molecule has 0 saturated heterocycles. The molecule has 0 unspecified atom stereocenters. The van der Waals surface area contributed by atoms with E-state index in [4.69, 9.17) is 16.3 Å². The minimum atomic E-state index is -0.383. The molecule has 1 aromatic carbocycles. The molecule has 0 aliphatic rings. The Labute approximate surface area is 181 Å². The zero-order chi connectivity index (χ0) is 21.5. The molecule has 0 amide bonds. The zero-order valence-electron chi connectivity index (χ0n) is 17.3. The number of aliphatic hydroxyl groups excluding tert-OH is 1. The maximum atomic E-state index is 12.2. The number of rotatable bonds is 9. The van der Waals surface area contributed by atoms with Crippen LogP contribution in [0, 0.1) is 0 Å². The van der Waals surface area contributed by atoms with Crippen molar-refractivity contribution in [1.82, 2.24) is 14.5 Å². The van der Waals surface area contributed by atoms with Crippen LogP contribution in [0.25, 0.3) is 11.3 Å². The lowest BCUT2D eigenvalue weighted by Crippen LogP contribution is -2.09. The van der Waals surface area contributed by atoms with Crippen molar-refractivity contribution in [2.24, 2.45) is 0 Å². The number of halogens is 1. The van der Waals surface area contributed by atoms with E-state index in [-0.39, 0.29) is 12.6 Å². The predicted molar refractivity (Wildman–Crippen MR) is 117 cm³/mol. The molecular formula is C23H26ClN3O3. The number of ether oxygens (including phenoxy) is 1. The van der Waals surface area contributed by atoms with Gasteiger partial charge in [0.25, 0.3) is 0 Å². The van der Waals surface area contributed by atoms with Gasteiger partial charge >= 0.3 is 5.97 Å². The summed E-state index contributed by atoms with van der Waals surface area (Å²) in [6.45, 7) is 4.62. The number of carbonyl (C=O) groups is 1. The highest BCUT2D eigenvalue weighted by Gasteiger charge is 2.17. The van der Waals surface area contributed by atoms with Crippen molar-refractivity contribution in [1.29, 1.82) is 0 Å². The fourth-order valence-corrected chi connectivity index (χ4v) is 3.59.